The first-order valence-electron chi connectivity index (χ1n) is 11.0. The first-order valence-corrected chi connectivity index (χ1v) is 11.0. The molecule has 0 heterocycles. The zero-order chi connectivity index (χ0) is 19.2. The Kier molecular flexibility index (Phi) is 6.83. The lowest BCUT2D eigenvalue weighted by Crippen LogP contribution is -2.12. The van der Waals surface area contributed by atoms with Crippen molar-refractivity contribution in [2.45, 2.75) is 102 Å². The molecule has 0 atom stereocenters. The molecule has 0 saturated heterocycles. The molecule has 2 aliphatic carbocycles. The first kappa shape index (κ1) is 20.2. The quantitative estimate of drug-likeness (QED) is 0.317. The maximum absolute atomic E-state index is 10.5. The highest BCUT2D eigenvalue weighted by molar-refractivity contribution is 5.39. The highest BCUT2D eigenvalue weighted by Gasteiger charge is 2.44. The molecule has 0 radical (unpaired) electrons. The van der Waals surface area contributed by atoms with Gasteiger partial charge < -0.3 is 9.84 Å². The van der Waals surface area contributed by atoms with Crippen molar-refractivity contribution < 1.29 is 14.6 Å². The molecule has 2 saturated carbocycles. The summed E-state index contributed by atoms with van der Waals surface area (Å²) in [6, 6.07) is 6.12. The van der Waals surface area contributed by atoms with Crippen LogP contribution in [0.4, 0.5) is 0 Å². The fourth-order valence-corrected chi connectivity index (χ4v) is 4.12. The molecule has 27 heavy (non-hydrogen) atoms. The van der Waals surface area contributed by atoms with Crippen LogP contribution < -0.4 is 0 Å². The van der Waals surface area contributed by atoms with Gasteiger partial charge in [0.05, 0.1) is 0 Å². The van der Waals surface area contributed by atoms with Gasteiger partial charge in [-0.3, -0.25) is 4.79 Å². The Bertz CT molecular complexity index is 614. The highest BCUT2D eigenvalue weighted by Crippen LogP contribution is 2.49. The van der Waals surface area contributed by atoms with Crippen LogP contribution in [0.15, 0.2) is 18.2 Å². The van der Waals surface area contributed by atoms with E-state index in [2.05, 4.69) is 19.1 Å². The van der Waals surface area contributed by atoms with E-state index in [1.54, 1.807) is 0 Å². The van der Waals surface area contributed by atoms with Crippen molar-refractivity contribution >= 4 is 6.47 Å². The molecule has 3 rings (SSSR count). The monoisotopic (exact) mass is 372 g/mol. The second kappa shape index (κ2) is 9.12. The van der Waals surface area contributed by atoms with Gasteiger partial charge in [0.15, 0.2) is 0 Å². The van der Waals surface area contributed by atoms with E-state index in [1.165, 1.54) is 50.5 Å². The number of phenolic OH excluding ortho intramolecular Hbond substituents is 1. The number of hydrogen-bond donors (Lipinski definition) is 1. The van der Waals surface area contributed by atoms with Crippen LogP contribution >= 0.6 is 0 Å². The van der Waals surface area contributed by atoms with Crippen molar-refractivity contribution in [3.8, 4) is 5.75 Å². The van der Waals surface area contributed by atoms with E-state index in [-0.39, 0.29) is 5.60 Å². The predicted octanol–water partition coefficient (Wildman–Crippen LogP) is 6.10. The third kappa shape index (κ3) is 6.55. The van der Waals surface area contributed by atoms with Crippen LogP contribution in [0.2, 0.25) is 0 Å². The molecule has 3 heteroatoms. The minimum atomic E-state index is -0.150. The van der Waals surface area contributed by atoms with Gasteiger partial charge in [0, 0.05) is 0 Å². The number of aryl methyl sites for hydroxylation is 2. The van der Waals surface area contributed by atoms with Gasteiger partial charge in [-0.1, -0.05) is 38.3 Å². The fraction of sp³-hybridized carbons (Fsp3) is 0.708. The van der Waals surface area contributed by atoms with Crippen LogP contribution in [0, 0.1) is 5.41 Å². The highest BCUT2D eigenvalue weighted by atomic mass is 16.5. The maximum Gasteiger partial charge on any atom is 0.293 e. The van der Waals surface area contributed by atoms with Crippen LogP contribution in [0.5, 0.6) is 5.75 Å². The lowest BCUT2D eigenvalue weighted by molar-refractivity contribution is -0.135. The van der Waals surface area contributed by atoms with E-state index in [4.69, 9.17) is 4.74 Å². The molecule has 0 bridgehead atoms. The Morgan fingerprint density at radius 3 is 2.37 bits per heavy atom. The smallest absolute Gasteiger partial charge is 0.293 e. The molecule has 1 aromatic carbocycles. The summed E-state index contributed by atoms with van der Waals surface area (Å²) in [6.45, 7) is 3.01. The van der Waals surface area contributed by atoms with E-state index < -0.39 is 0 Å². The zero-order valence-electron chi connectivity index (χ0n) is 17.0. The normalized spacial score (nSPS) is 18.9. The van der Waals surface area contributed by atoms with E-state index in [9.17, 15) is 9.90 Å². The number of hydrogen-bond acceptors (Lipinski definition) is 3. The summed E-state index contributed by atoms with van der Waals surface area (Å²) in [5.74, 6) is 0.418. The van der Waals surface area contributed by atoms with Gasteiger partial charge in [-0.25, -0.2) is 0 Å². The van der Waals surface area contributed by atoms with E-state index >= 15 is 0 Å². The second-order valence-electron chi connectivity index (χ2n) is 9.29. The average Bonchev–Trinajstić information content (AvgIpc) is 3.57. The van der Waals surface area contributed by atoms with Gasteiger partial charge in [-0.15, -0.1) is 0 Å². The number of aromatic hydroxyl groups is 1. The molecule has 0 amide bonds. The van der Waals surface area contributed by atoms with Crippen LogP contribution in [0.25, 0.3) is 0 Å². The number of ether oxygens (including phenoxy) is 1. The number of carbonyl (C=O) groups is 1. The number of unbranched alkanes of at least 4 members (excludes halogenated alkanes) is 4. The predicted molar refractivity (Wildman–Crippen MR) is 109 cm³/mol. The average molecular weight is 373 g/mol. The third-order valence-corrected chi connectivity index (χ3v) is 6.68. The Hall–Kier alpha value is -1.51. The lowest BCUT2D eigenvalue weighted by Gasteiger charge is -2.13. The molecular formula is C24H36O3. The van der Waals surface area contributed by atoms with Gasteiger partial charge in [0.25, 0.3) is 6.47 Å². The van der Waals surface area contributed by atoms with Crippen LogP contribution in [0.1, 0.15) is 95.1 Å². The lowest BCUT2D eigenvalue weighted by atomic mass is 9.97. The summed E-state index contributed by atoms with van der Waals surface area (Å²) >= 11 is 0. The van der Waals surface area contributed by atoms with Gasteiger partial charge in [-0.2, -0.15) is 0 Å². The molecule has 3 nitrogen and oxygen atoms in total. The molecule has 0 aliphatic heterocycles. The largest absolute Gasteiger partial charge is 0.508 e. The molecule has 0 aromatic heterocycles. The van der Waals surface area contributed by atoms with Crippen LogP contribution in [-0.4, -0.2) is 17.2 Å². The summed E-state index contributed by atoms with van der Waals surface area (Å²) < 4.78 is 5.20. The van der Waals surface area contributed by atoms with Gasteiger partial charge in [-0.05, 0) is 93.2 Å². The molecule has 150 valence electrons. The molecule has 1 aromatic rings. The molecule has 2 fully saturated rings. The van der Waals surface area contributed by atoms with Gasteiger partial charge in [0.2, 0.25) is 0 Å². The number of phenols is 1. The SMILES string of the molecule is CC1(CCCCCCc2ccc(O)c(CCCCC3(OC=O)CC3)c2)CC1. The van der Waals surface area contributed by atoms with Crippen molar-refractivity contribution in [1.82, 2.24) is 0 Å². The van der Waals surface area contributed by atoms with Crippen LogP contribution in [-0.2, 0) is 22.4 Å². The Labute approximate surface area is 164 Å². The topological polar surface area (TPSA) is 46.5 Å². The summed E-state index contributed by atoms with van der Waals surface area (Å²) in [4.78, 5) is 10.5. The second-order valence-corrected chi connectivity index (χ2v) is 9.29. The number of rotatable bonds is 14. The standard InChI is InChI=1S/C24H36O3/c1-23(14-15-23)12-6-3-2-4-8-20-10-11-22(26)21(18-20)9-5-7-13-24(16-17-24)27-19-25/h10-11,18-19,26H,2-9,12-17H2,1H3. The maximum atomic E-state index is 10.5. The summed E-state index contributed by atoms with van der Waals surface area (Å²) in [7, 11) is 0. The number of benzene rings is 1. The molecule has 0 unspecified atom stereocenters. The molecule has 0 spiro atoms. The Morgan fingerprint density at radius 1 is 0.963 bits per heavy atom. The van der Waals surface area contributed by atoms with E-state index in [1.807, 2.05) is 6.07 Å². The van der Waals surface area contributed by atoms with Crippen molar-refractivity contribution in [3.05, 3.63) is 29.3 Å². The summed E-state index contributed by atoms with van der Waals surface area (Å²) in [5.41, 5.74) is 2.96. The van der Waals surface area contributed by atoms with Crippen molar-refractivity contribution in [2.75, 3.05) is 0 Å². The summed E-state index contributed by atoms with van der Waals surface area (Å²) in [5, 5.41) is 10.1. The zero-order valence-corrected chi connectivity index (χ0v) is 17.0. The van der Waals surface area contributed by atoms with E-state index in [0.717, 1.165) is 50.5 Å². The molecular weight excluding hydrogens is 336 g/mol. The Morgan fingerprint density at radius 2 is 1.67 bits per heavy atom. The van der Waals surface area contributed by atoms with Crippen molar-refractivity contribution in [2.24, 2.45) is 5.41 Å². The molecule has 1 N–H and O–H groups in total. The minimum absolute atomic E-state index is 0.150. The summed E-state index contributed by atoms with van der Waals surface area (Å²) in [6.07, 6.45) is 16.6. The van der Waals surface area contributed by atoms with Gasteiger partial charge >= 0.3 is 0 Å². The van der Waals surface area contributed by atoms with E-state index in [0.29, 0.717) is 17.6 Å². The van der Waals surface area contributed by atoms with Crippen molar-refractivity contribution in [1.29, 1.82) is 0 Å². The Balaban J connectivity index is 1.32. The van der Waals surface area contributed by atoms with Crippen molar-refractivity contribution in [3.63, 3.8) is 0 Å². The molecule has 2 aliphatic rings. The first-order chi connectivity index (χ1) is 13.0. The fourth-order valence-electron chi connectivity index (χ4n) is 4.12. The minimum Gasteiger partial charge on any atom is -0.508 e. The number of carbonyl (C=O) groups excluding carboxylic acids is 1. The van der Waals surface area contributed by atoms with Gasteiger partial charge in [0.1, 0.15) is 11.4 Å². The third-order valence-electron chi connectivity index (χ3n) is 6.68. The van der Waals surface area contributed by atoms with Crippen LogP contribution in [0.3, 0.4) is 0 Å².